The highest BCUT2D eigenvalue weighted by atomic mass is 35.5. The summed E-state index contributed by atoms with van der Waals surface area (Å²) >= 11 is 12.3. The minimum Gasteiger partial charge on any atom is -0.504 e. The zero-order valence-electron chi connectivity index (χ0n) is 12.0. The van der Waals surface area contributed by atoms with Crippen LogP contribution in [0, 0.1) is 0 Å². The van der Waals surface area contributed by atoms with Gasteiger partial charge in [0, 0.05) is 27.7 Å². The molecular formula is C17H17Cl2NO. The monoisotopic (exact) mass is 321 g/mol. The average molecular weight is 322 g/mol. The largest absolute Gasteiger partial charge is 0.504 e. The number of hydrogen-bond donors (Lipinski definition) is 0. The van der Waals surface area contributed by atoms with Gasteiger partial charge in [0.1, 0.15) is 0 Å². The van der Waals surface area contributed by atoms with Crippen molar-refractivity contribution in [3.63, 3.8) is 0 Å². The summed E-state index contributed by atoms with van der Waals surface area (Å²) in [4.78, 5) is 4.42. The Kier molecular flexibility index (Phi) is 5.66. The van der Waals surface area contributed by atoms with E-state index in [0.29, 0.717) is 10.0 Å². The molecule has 2 nitrogen and oxygen atoms in total. The first-order chi connectivity index (χ1) is 10.2. The molecule has 0 bridgehead atoms. The molecule has 2 rings (SSSR count). The lowest BCUT2D eigenvalue weighted by molar-refractivity contribution is 0.338. The van der Waals surface area contributed by atoms with E-state index in [9.17, 15) is 0 Å². The van der Waals surface area contributed by atoms with Crippen molar-refractivity contribution in [2.45, 2.75) is 19.3 Å². The maximum absolute atomic E-state index is 6.36. The molecule has 0 fully saturated rings. The second kappa shape index (κ2) is 7.48. The third-order valence-electron chi connectivity index (χ3n) is 3.33. The van der Waals surface area contributed by atoms with Crippen LogP contribution in [0.5, 0.6) is 0 Å². The van der Waals surface area contributed by atoms with Crippen LogP contribution < -0.4 is 0 Å². The van der Waals surface area contributed by atoms with Gasteiger partial charge in [-0.05, 0) is 36.2 Å². The lowest BCUT2D eigenvalue weighted by Gasteiger charge is -2.20. The van der Waals surface area contributed by atoms with Crippen LogP contribution in [0.4, 0.5) is 0 Å². The van der Waals surface area contributed by atoms with E-state index in [2.05, 4.69) is 11.9 Å². The maximum atomic E-state index is 6.36. The zero-order chi connectivity index (χ0) is 15.2. The molecule has 0 saturated heterocycles. The second-order valence-corrected chi connectivity index (χ2v) is 5.49. The summed E-state index contributed by atoms with van der Waals surface area (Å²) in [6, 6.07) is 11.4. The van der Waals surface area contributed by atoms with Gasteiger partial charge < -0.3 is 4.74 Å². The summed E-state index contributed by atoms with van der Waals surface area (Å²) in [5.41, 5.74) is 2.92. The van der Waals surface area contributed by atoms with Crippen molar-refractivity contribution in [3.8, 4) is 0 Å². The number of pyridine rings is 1. The first kappa shape index (κ1) is 15.9. The maximum Gasteiger partial charge on any atom is 0.0884 e. The van der Waals surface area contributed by atoms with Crippen molar-refractivity contribution in [1.29, 1.82) is 0 Å². The van der Waals surface area contributed by atoms with E-state index in [1.165, 1.54) is 0 Å². The fourth-order valence-corrected chi connectivity index (χ4v) is 2.91. The number of hydrogen-bond acceptors (Lipinski definition) is 2. The normalized spacial score (nSPS) is 13.0. The molecule has 1 unspecified atom stereocenters. The van der Waals surface area contributed by atoms with Gasteiger partial charge in [0.2, 0.25) is 0 Å². The topological polar surface area (TPSA) is 22.1 Å². The quantitative estimate of drug-likeness (QED) is 0.671. The Morgan fingerprint density at radius 1 is 1.29 bits per heavy atom. The molecular weight excluding hydrogens is 305 g/mol. The molecule has 0 aliphatic carbocycles. The van der Waals surface area contributed by atoms with Crippen LogP contribution in [0.2, 0.25) is 10.0 Å². The Morgan fingerprint density at radius 3 is 2.67 bits per heavy atom. The Balaban J connectivity index is 2.49. The molecule has 0 aliphatic heterocycles. The van der Waals surface area contributed by atoms with E-state index in [1.807, 2.05) is 30.3 Å². The summed E-state index contributed by atoms with van der Waals surface area (Å²) in [6.07, 6.45) is 4.39. The lowest BCUT2D eigenvalue weighted by Crippen LogP contribution is -2.04. The minimum atomic E-state index is 0.101. The van der Waals surface area contributed by atoms with Crippen molar-refractivity contribution in [1.82, 2.24) is 4.98 Å². The molecule has 1 aromatic heterocycles. The number of benzene rings is 1. The van der Waals surface area contributed by atoms with Crippen molar-refractivity contribution >= 4 is 28.8 Å². The predicted octanol–water partition coefficient (Wildman–Crippen LogP) is 5.57. The number of rotatable bonds is 5. The molecule has 2 aromatic rings. The molecule has 4 heteroatoms. The van der Waals surface area contributed by atoms with Gasteiger partial charge in [-0.2, -0.15) is 0 Å². The fourth-order valence-electron chi connectivity index (χ4n) is 2.37. The number of methoxy groups -OCH3 is 1. The SMILES string of the molecule is CCC(C(=COC)c1ccccn1)c1ccc(Cl)cc1Cl. The summed E-state index contributed by atoms with van der Waals surface area (Å²) in [7, 11) is 1.64. The highest BCUT2D eigenvalue weighted by Gasteiger charge is 2.20. The van der Waals surface area contributed by atoms with Crippen molar-refractivity contribution in [2.75, 3.05) is 7.11 Å². The Labute approximate surface area is 135 Å². The second-order valence-electron chi connectivity index (χ2n) is 4.65. The number of nitrogens with zero attached hydrogens (tertiary/aromatic N) is 1. The van der Waals surface area contributed by atoms with Gasteiger partial charge in [-0.3, -0.25) is 4.98 Å². The first-order valence-electron chi connectivity index (χ1n) is 6.76. The molecule has 1 heterocycles. The van der Waals surface area contributed by atoms with E-state index in [1.54, 1.807) is 25.6 Å². The zero-order valence-corrected chi connectivity index (χ0v) is 13.5. The summed E-state index contributed by atoms with van der Waals surface area (Å²) in [6.45, 7) is 2.11. The molecule has 0 spiro atoms. The standard InChI is InChI=1S/C17H17Cl2NO/c1-3-13(14-8-7-12(18)10-16(14)19)15(11-21-2)17-6-4-5-9-20-17/h4-11,13H,3H2,1-2H3. The molecule has 21 heavy (non-hydrogen) atoms. The van der Waals surface area contributed by atoms with Crippen LogP contribution in [0.3, 0.4) is 0 Å². The van der Waals surface area contributed by atoms with Crippen LogP contribution in [-0.2, 0) is 4.74 Å². The Bertz CT molecular complexity index is 626. The number of ether oxygens (including phenoxy) is 1. The number of halogens is 2. The van der Waals surface area contributed by atoms with Crippen LogP contribution in [0.25, 0.3) is 5.57 Å². The highest BCUT2D eigenvalue weighted by Crippen LogP contribution is 2.38. The summed E-state index contributed by atoms with van der Waals surface area (Å²) in [5, 5.41) is 1.29. The molecule has 1 atom stereocenters. The third-order valence-corrected chi connectivity index (χ3v) is 3.89. The van der Waals surface area contributed by atoms with Crippen LogP contribution in [0.1, 0.15) is 30.5 Å². The number of aromatic nitrogens is 1. The predicted molar refractivity (Wildman–Crippen MR) is 88.7 cm³/mol. The van der Waals surface area contributed by atoms with Gasteiger partial charge in [0.15, 0.2) is 0 Å². The van der Waals surface area contributed by atoms with E-state index in [0.717, 1.165) is 23.3 Å². The van der Waals surface area contributed by atoms with Gasteiger partial charge in [-0.25, -0.2) is 0 Å². The molecule has 1 aromatic carbocycles. The van der Waals surface area contributed by atoms with E-state index >= 15 is 0 Å². The molecule has 0 saturated carbocycles. The lowest BCUT2D eigenvalue weighted by atomic mass is 9.87. The van der Waals surface area contributed by atoms with Crippen molar-refractivity contribution in [3.05, 3.63) is 70.2 Å². The van der Waals surface area contributed by atoms with Gasteiger partial charge in [-0.15, -0.1) is 0 Å². The third kappa shape index (κ3) is 3.78. The van der Waals surface area contributed by atoms with Gasteiger partial charge in [-0.1, -0.05) is 42.3 Å². The van der Waals surface area contributed by atoms with E-state index < -0.39 is 0 Å². The van der Waals surface area contributed by atoms with Crippen LogP contribution >= 0.6 is 23.2 Å². The van der Waals surface area contributed by atoms with Gasteiger partial charge in [0.25, 0.3) is 0 Å². The first-order valence-corrected chi connectivity index (χ1v) is 7.52. The molecule has 0 radical (unpaired) electrons. The smallest absolute Gasteiger partial charge is 0.0884 e. The molecule has 0 N–H and O–H groups in total. The number of allylic oxidation sites excluding steroid dienone is 1. The Hall–Kier alpha value is -1.51. The van der Waals surface area contributed by atoms with E-state index in [4.69, 9.17) is 27.9 Å². The van der Waals surface area contributed by atoms with Crippen LogP contribution in [0.15, 0.2) is 48.9 Å². The van der Waals surface area contributed by atoms with Crippen molar-refractivity contribution in [2.24, 2.45) is 0 Å². The molecule has 110 valence electrons. The molecule has 0 amide bonds. The highest BCUT2D eigenvalue weighted by molar-refractivity contribution is 6.35. The van der Waals surface area contributed by atoms with Gasteiger partial charge >= 0.3 is 0 Å². The Morgan fingerprint density at radius 2 is 2.10 bits per heavy atom. The van der Waals surface area contributed by atoms with E-state index in [-0.39, 0.29) is 5.92 Å². The van der Waals surface area contributed by atoms with Crippen molar-refractivity contribution < 1.29 is 4.74 Å². The molecule has 0 aliphatic rings. The average Bonchev–Trinajstić information content (AvgIpc) is 2.50. The van der Waals surface area contributed by atoms with Crippen LogP contribution in [-0.4, -0.2) is 12.1 Å². The fraction of sp³-hybridized carbons (Fsp3) is 0.235. The van der Waals surface area contributed by atoms with Gasteiger partial charge in [0.05, 0.1) is 19.1 Å². The summed E-state index contributed by atoms with van der Waals surface area (Å²) in [5.74, 6) is 0.101. The summed E-state index contributed by atoms with van der Waals surface area (Å²) < 4.78 is 5.26. The minimum absolute atomic E-state index is 0.101.